The topological polar surface area (TPSA) is 66.8 Å². The summed E-state index contributed by atoms with van der Waals surface area (Å²) in [5.41, 5.74) is 1.67. The van der Waals surface area contributed by atoms with E-state index in [-0.39, 0.29) is 12.5 Å². The van der Waals surface area contributed by atoms with Crippen LogP contribution in [0.5, 0.6) is 5.75 Å². The van der Waals surface area contributed by atoms with Gasteiger partial charge in [-0.15, -0.1) is 0 Å². The molecule has 5 nitrogen and oxygen atoms in total. The summed E-state index contributed by atoms with van der Waals surface area (Å²) in [6.45, 7) is 2.62. The predicted octanol–water partition coefficient (Wildman–Crippen LogP) is 2.03. The molecule has 112 valence electrons. The molecule has 1 atom stereocenters. The van der Waals surface area contributed by atoms with Gasteiger partial charge in [-0.05, 0) is 25.0 Å². The van der Waals surface area contributed by atoms with Gasteiger partial charge in [-0.1, -0.05) is 18.2 Å². The number of hydrogen-bond acceptors (Lipinski definition) is 3. The summed E-state index contributed by atoms with van der Waals surface area (Å²) in [5, 5.41) is 8.97. The number of carbonyl (C=O) groups excluding carboxylic acids is 1. The zero-order chi connectivity index (χ0) is 15.4. The lowest BCUT2D eigenvalue weighted by atomic mass is 10.1. The molecule has 1 aromatic rings. The molecule has 1 aromatic carbocycles. The monoisotopic (exact) mass is 289 g/mol. The molecule has 1 fully saturated rings. The summed E-state index contributed by atoms with van der Waals surface area (Å²) in [6, 6.07) is 7.49. The Hall–Kier alpha value is -2.30. The Balaban J connectivity index is 2.12. The molecule has 1 unspecified atom stereocenters. The summed E-state index contributed by atoms with van der Waals surface area (Å²) < 4.78 is 5.28. The molecule has 0 aromatic heterocycles. The van der Waals surface area contributed by atoms with E-state index in [1.54, 1.807) is 18.1 Å². The van der Waals surface area contributed by atoms with Crippen molar-refractivity contribution in [1.82, 2.24) is 4.90 Å². The first-order chi connectivity index (χ1) is 10.0. The number of nitrogens with zero attached hydrogens (tertiary/aromatic N) is 1. The molecule has 0 saturated carbocycles. The van der Waals surface area contributed by atoms with Gasteiger partial charge in [0.15, 0.2) is 0 Å². The number of carbonyl (C=O) groups is 2. The summed E-state index contributed by atoms with van der Waals surface area (Å²) in [4.78, 5) is 24.7. The first-order valence-corrected chi connectivity index (χ1v) is 6.86. The first-order valence-electron chi connectivity index (χ1n) is 6.86. The van der Waals surface area contributed by atoms with Crippen LogP contribution in [0.15, 0.2) is 30.3 Å². The normalized spacial score (nSPS) is 18.7. The average molecular weight is 289 g/mol. The predicted molar refractivity (Wildman–Crippen MR) is 79.0 cm³/mol. The number of rotatable bonds is 4. The maximum atomic E-state index is 12.2. The molecule has 1 heterocycles. The van der Waals surface area contributed by atoms with E-state index in [2.05, 4.69) is 0 Å². The van der Waals surface area contributed by atoms with E-state index in [1.807, 2.05) is 31.2 Å². The number of allylic oxidation sites excluding steroid dienone is 1. The number of carboxylic acid groups (broad SMARTS) is 1. The zero-order valence-electron chi connectivity index (χ0n) is 12.2. The van der Waals surface area contributed by atoms with Crippen LogP contribution in [0.3, 0.4) is 0 Å². The van der Waals surface area contributed by atoms with E-state index in [0.717, 1.165) is 11.1 Å². The van der Waals surface area contributed by atoms with Crippen molar-refractivity contribution in [3.63, 3.8) is 0 Å². The minimum atomic E-state index is -0.837. The van der Waals surface area contributed by atoms with Gasteiger partial charge in [0.25, 0.3) is 0 Å². The molecule has 1 N–H and O–H groups in total. The fourth-order valence-electron chi connectivity index (χ4n) is 2.49. The van der Waals surface area contributed by atoms with Crippen molar-refractivity contribution in [1.29, 1.82) is 0 Å². The van der Waals surface area contributed by atoms with Crippen LogP contribution in [0.25, 0.3) is 5.57 Å². The van der Waals surface area contributed by atoms with E-state index in [0.29, 0.717) is 18.7 Å². The Morgan fingerprint density at radius 2 is 2.10 bits per heavy atom. The van der Waals surface area contributed by atoms with Gasteiger partial charge in [0.1, 0.15) is 5.75 Å². The number of aliphatic carboxylic acids is 1. The molecule has 21 heavy (non-hydrogen) atoms. The molecular weight excluding hydrogens is 270 g/mol. The van der Waals surface area contributed by atoms with Gasteiger partial charge in [-0.2, -0.15) is 0 Å². The molecule has 1 saturated heterocycles. The zero-order valence-corrected chi connectivity index (χ0v) is 12.2. The number of hydrogen-bond donors (Lipinski definition) is 1. The van der Waals surface area contributed by atoms with E-state index in [4.69, 9.17) is 9.84 Å². The van der Waals surface area contributed by atoms with Gasteiger partial charge in [-0.25, -0.2) is 0 Å². The second kappa shape index (κ2) is 6.43. The summed E-state index contributed by atoms with van der Waals surface area (Å²) >= 11 is 0. The minimum absolute atomic E-state index is 0.151. The first kappa shape index (κ1) is 15.1. The highest BCUT2D eigenvalue weighted by Crippen LogP contribution is 2.26. The van der Waals surface area contributed by atoms with Crippen molar-refractivity contribution in [2.75, 3.05) is 20.2 Å². The number of amides is 1. The van der Waals surface area contributed by atoms with Crippen molar-refractivity contribution in [3.05, 3.63) is 35.9 Å². The molecule has 0 radical (unpaired) electrons. The largest absolute Gasteiger partial charge is 0.496 e. The maximum Gasteiger partial charge on any atom is 0.308 e. The van der Waals surface area contributed by atoms with Gasteiger partial charge in [0, 0.05) is 24.7 Å². The number of carboxylic acids is 1. The van der Waals surface area contributed by atoms with E-state index in [1.165, 1.54) is 0 Å². The van der Waals surface area contributed by atoms with Crippen LogP contribution in [0.1, 0.15) is 18.9 Å². The maximum absolute atomic E-state index is 12.2. The highest BCUT2D eigenvalue weighted by Gasteiger charge is 2.30. The minimum Gasteiger partial charge on any atom is -0.496 e. The molecule has 1 aliphatic rings. The number of ether oxygens (including phenoxy) is 1. The Morgan fingerprint density at radius 1 is 1.38 bits per heavy atom. The third-order valence-corrected chi connectivity index (χ3v) is 3.72. The number of benzene rings is 1. The van der Waals surface area contributed by atoms with Crippen LogP contribution in [0, 0.1) is 5.92 Å². The van der Waals surface area contributed by atoms with E-state index >= 15 is 0 Å². The van der Waals surface area contributed by atoms with Crippen LogP contribution < -0.4 is 4.74 Å². The molecular formula is C16H19NO4. The number of likely N-dealkylation sites (tertiary alicyclic amines) is 1. The van der Waals surface area contributed by atoms with Crippen LogP contribution in [0.2, 0.25) is 0 Å². The smallest absolute Gasteiger partial charge is 0.308 e. The second-order valence-corrected chi connectivity index (χ2v) is 5.14. The van der Waals surface area contributed by atoms with Gasteiger partial charge in [-0.3, -0.25) is 9.59 Å². The standard InChI is InChI=1S/C16H19NO4/c1-11(13-5-3-4-6-14(13)21-2)9-15(18)17-8-7-12(10-17)16(19)20/h3-6,9,12H,7-8,10H2,1-2H3,(H,19,20). The van der Waals surface area contributed by atoms with Crippen molar-refractivity contribution >= 4 is 17.4 Å². The van der Waals surface area contributed by atoms with Crippen LogP contribution in [-0.4, -0.2) is 42.1 Å². The summed E-state index contributed by atoms with van der Waals surface area (Å²) in [5.74, 6) is -0.726. The molecule has 2 rings (SSSR count). The van der Waals surface area contributed by atoms with E-state index in [9.17, 15) is 9.59 Å². The van der Waals surface area contributed by atoms with Crippen LogP contribution in [-0.2, 0) is 9.59 Å². The lowest BCUT2D eigenvalue weighted by Gasteiger charge is -2.14. The van der Waals surface area contributed by atoms with Crippen molar-refractivity contribution in [3.8, 4) is 5.75 Å². The Labute approximate surface area is 123 Å². The second-order valence-electron chi connectivity index (χ2n) is 5.14. The summed E-state index contributed by atoms with van der Waals surface area (Å²) in [6.07, 6.45) is 2.06. The molecule has 0 spiro atoms. The summed E-state index contributed by atoms with van der Waals surface area (Å²) in [7, 11) is 1.59. The lowest BCUT2D eigenvalue weighted by molar-refractivity contribution is -0.141. The number of para-hydroxylation sites is 1. The fourth-order valence-corrected chi connectivity index (χ4v) is 2.49. The van der Waals surface area contributed by atoms with Gasteiger partial charge in [0.05, 0.1) is 13.0 Å². The Kier molecular flexibility index (Phi) is 4.62. The SMILES string of the molecule is COc1ccccc1C(C)=CC(=O)N1CCC(C(=O)O)C1. The average Bonchev–Trinajstić information content (AvgIpc) is 2.97. The quantitative estimate of drug-likeness (QED) is 0.861. The molecule has 5 heteroatoms. The lowest BCUT2D eigenvalue weighted by Crippen LogP contribution is -2.28. The highest BCUT2D eigenvalue weighted by molar-refractivity contribution is 5.96. The van der Waals surface area contributed by atoms with Crippen molar-refractivity contribution < 1.29 is 19.4 Å². The van der Waals surface area contributed by atoms with Crippen LogP contribution >= 0.6 is 0 Å². The van der Waals surface area contributed by atoms with Crippen molar-refractivity contribution in [2.45, 2.75) is 13.3 Å². The highest BCUT2D eigenvalue weighted by atomic mass is 16.5. The third-order valence-electron chi connectivity index (χ3n) is 3.72. The van der Waals surface area contributed by atoms with Gasteiger partial charge in [0.2, 0.25) is 5.91 Å². The van der Waals surface area contributed by atoms with Crippen molar-refractivity contribution in [2.24, 2.45) is 5.92 Å². The molecule has 0 aliphatic carbocycles. The third kappa shape index (κ3) is 3.42. The van der Waals surface area contributed by atoms with E-state index < -0.39 is 11.9 Å². The van der Waals surface area contributed by atoms with Crippen LogP contribution in [0.4, 0.5) is 0 Å². The molecule has 1 amide bonds. The Bertz CT molecular complexity index is 579. The molecule has 1 aliphatic heterocycles. The number of methoxy groups -OCH3 is 1. The van der Waals surface area contributed by atoms with Gasteiger partial charge < -0.3 is 14.7 Å². The molecule has 0 bridgehead atoms. The van der Waals surface area contributed by atoms with Gasteiger partial charge >= 0.3 is 5.97 Å². The fraction of sp³-hybridized carbons (Fsp3) is 0.375. The Morgan fingerprint density at radius 3 is 2.71 bits per heavy atom.